The van der Waals surface area contributed by atoms with E-state index in [-0.39, 0.29) is 5.69 Å². The largest absolute Gasteiger partial charge is 0.497 e. The zero-order chi connectivity index (χ0) is 20.1. The molecule has 0 spiro atoms. The molecule has 29 heavy (non-hydrogen) atoms. The molecule has 1 N–H and O–H groups in total. The van der Waals surface area contributed by atoms with E-state index in [0.717, 1.165) is 44.8 Å². The van der Waals surface area contributed by atoms with Crippen molar-refractivity contribution in [1.29, 1.82) is 0 Å². The van der Waals surface area contributed by atoms with Crippen LogP contribution in [-0.2, 0) is 13.0 Å². The first kappa shape index (κ1) is 19.1. The van der Waals surface area contributed by atoms with Crippen LogP contribution in [0.25, 0.3) is 0 Å². The SMILES string of the molecule is COc1ccc(N2CCN(c3ccc(CCCn4cn[nH]c4=O)cc3)CC2)cc1. The number of anilines is 2. The highest BCUT2D eigenvalue weighted by atomic mass is 16.5. The zero-order valence-electron chi connectivity index (χ0n) is 16.8. The van der Waals surface area contributed by atoms with Gasteiger partial charge in [0.1, 0.15) is 12.1 Å². The molecule has 0 saturated carbocycles. The number of piperazine rings is 1. The first-order valence-electron chi connectivity index (χ1n) is 10.1. The Balaban J connectivity index is 1.27. The van der Waals surface area contributed by atoms with Gasteiger partial charge in [-0.05, 0) is 54.8 Å². The molecule has 2 heterocycles. The van der Waals surface area contributed by atoms with Crippen LogP contribution in [0.5, 0.6) is 5.75 Å². The molecule has 3 aromatic rings. The molecular weight excluding hydrogens is 366 g/mol. The van der Waals surface area contributed by atoms with Crippen molar-refractivity contribution in [3.8, 4) is 5.75 Å². The Labute approximate surface area is 170 Å². The van der Waals surface area contributed by atoms with Crippen LogP contribution in [0.4, 0.5) is 11.4 Å². The van der Waals surface area contributed by atoms with Crippen molar-refractivity contribution in [2.75, 3.05) is 43.1 Å². The average Bonchev–Trinajstić information content (AvgIpc) is 3.19. The van der Waals surface area contributed by atoms with Crippen molar-refractivity contribution in [3.63, 3.8) is 0 Å². The smallest absolute Gasteiger partial charge is 0.343 e. The van der Waals surface area contributed by atoms with Crippen LogP contribution in [-0.4, -0.2) is 48.1 Å². The van der Waals surface area contributed by atoms with E-state index in [2.05, 4.69) is 56.4 Å². The van der Waals surface area contributed by atoms with Gasteiger partial charge in [0, 0.05) is 44.1 Å². The van der Waals surface area contributed by atoms with E-state index < -0.39 is 0 Å². The van der Waals surface area contributed by atoms with Crippen molar-refractivity contribution in [2.45, 2.75) is 19.4 Å². The number of benzene rings is 2. The van der Waals surface area contributed by atoms with Crippen molar-refractivity contribution >= 4 is 11.4 Å². The van der Waals surface area contributed by atoms with E-state index in [0.29, 0.717) is 6.54 Å². The van der Waals surface area contributed by atoms with E-state index in [1.165, 1.54) is 16.9 Å². The molecule has 1 aliphatic heterocycles. The molecular formula is C22H27N5O2. The third-order valence-corrected chi connectivity index (χ3v) is 5.50. The molecule has 4 rings (SSSR count). The minimum atomic E-state index is -0.144. The van der Waals surface area contributed by atoms with Crippen molar-refractivity contribution < 1.29 is 4.74 Å². The fourth-order valence-electron chi connectivity index (χ4n) is 3.77. The molecule has 0 amide bonds. The lowest BCUT2D eigenvalue weighted by atomic mass is 10.1. The molecule has 0 radical (unpaired) electrons. The van der Waals surface area contributed by atoms with E-state index in [4.69, 9.17) is 4.74 Å². The number of aromatic amines is 1. The summed E-state index contributed by atoms with van der Waals surface area (Å²) in [5.41, 5.74) is 3.67. The quantitative estimate of drug-likeness (QED) is 0.668. The van der Waals surface area contributed by atoms with E-state index >= 15 is 0 Å². The predicted molar refractivity (Wildman–Crippen MR) is 115 cm³/mol. The Morgan fingerprint density at radius 1 is 0.931 bits per heavy atom. The van der Waals surface area contributed by atoms with E-state index in [9.17, 15) is 4.79 Å². The zero-order valence-corrected chi connectivity index (χ0v) is 16.8. The summed E-state index contributed by atoms with van der Waals surface area (Å²) < 4.78 is 6.85. The second-order valence-corrected chi connectivity index (χ2v) is 7.30. The molecule has 7 nitrogen and oxygen atoms in total. The summed E-state index contributed by atoms with van der Waals surface area (Å²) in [6.07, 6.45) is 3.42. The first-order chi connectivity index (χ1) is 14.2. The van der Waals surface area contributed by atoms with Gasteiger partial charge in [-0.1, -0.05) is 12.1 Å². The molecule has 1 fully saturated rings. The molecule has 0 unspecified atom stereocenters. The Morgan fingerprint density at radius 2 is 1.52 bits per heavy atom. The molecule has 0 bridgehead atoms. The summed E-state index contributed by atoms with van der Waals surface area (Å²) in [4.78, 5) is 16.3. The third-order valence-electron chi connectivity index (χ3n) is 5.50. The Kier molecular flexibility index (Phi) is 5.84. The number of hydrogen-bond donors (Lipinski definition) is 1. The molecule has 0 aliphatic carbocycles. The van der Waals surface area contributed by atoms with Crippen LogP contribution in [0.2, 0.25) is 0 Å². The maximum absolute atomic E-state index is 11.5. The lowest BCUT2D eigenvalue weighted by molar-refractivity contribution is 0.415. The Bertz CT molecular complexity index is 954. The summed E-state index contributed by atoms with van der Waals surface area (Å²) >= 11 is 0. The maximum Gasteiger partial charge on any atom is 0.343 e. The van der Waals surface area contributed by atoms with Crippen molar-refractivity contribution in [1.82, 2.24) is 14.8 Å². The van der Waals surface area contributed by atoms with Crippen LogP contribution in [0.1, 0.15) is 12.0 Å². The monoisotopic (exact) mass is 393 g/mol. The number of aromatic nitrogens is 3. The molecule has 1 saturated heterocycles. The fourth-order valence-corrected chi connectivity index (χ4v) is 3.77. The summed E-state index contributed by atoms with van der Waals surface area (Å²) in [7, 11) is 1.69. The molecule has 7 heteroatoms. The highest BCUT2D eigenvalue weighted by molar-refractivity contribution is 5.53. The number of rotatable bonds is 7. The molecule has 152 valence electrons. The van der Waals surface area contributed by atoms with Gasteiger partial charge in [-0.3, -0.25) is 4.57 Å². The molecule has 0 atom stereocenters. The van der Waals surface area contributed by atoms with Gasteiger partial charge in [0.05, 0.1) is 7.11 Å². The number of ether oxygens (including phenoxy) is 1. The minimum absolute atomic E-state index is 0.144. The van der Waals surface area contributed by atoms with Gasteiger partial charge in [0.2, 0.25) is 0 Å². The summed E-state index contributed by atoms with van der Waals surface area (Å²) in [6.45, 7) is 4.72. The fraction of sp³-hybridized carbons (Fsp3) is 0.364. The molecule has 2 aromatic carbocycles. The van der Waals surface area contributed by atoms with Gasteiger partial charge in [-0.25, -0.2) is 9.89 Å². The van der Waals surface area contributed by atoms with E-state index in [1.807, 2.05) is 12.1 Å². The van der Waals surface area contributed by atoms with Crippen LogP contribution in [0, 0.1) is 0 Å². The number of nitrogens with zero attached hydrogens (tertiary/aromatic N) is 4. The summed E-state index contributed by atoms with van der Waals surface area (Å²) in [5.74, 6) is 0.893. The van der Waals surface area contributed by atoms with Gasteiger partial charge in [-0.2, -0.15) is 5.10 Å². The highest BCUT2D eigenvalue weighted by Gasteiger charge is 2.17. The third kappa shape index (κ3) is 4.62. The van der Waals surface area contributed by atoms with Crippen LogP contribution >= 0.6 is 0 Å². The van der Waals surface area contributed by atoms with Crippen LogP contribution in [0.3, 0.4) is 0 Å². The lowest BCUT2D eigenvalue weighted by Crippen LogP contribution is -2.46. The van der Waals surface area contributed by atoms with Crippen LogP contribution in [0.15, 0.2) is 59.7 Å². The Hall–Kier alpha value is -3.22. The van der Waals surface area contributed by atoms with Gasteiger partial charge < -0.3 is 14.5 Å². The minimum Gasteiger partial charge on any atom is -0.497 e. The van der Waals surface area contributed by atoms with Gasteiger partial charge in [-0.15, -0.1) is 0 Å². The topological polar surface area (TPSA) is 66.4 Å². The summed E-state index contributed by atoms with van der Waals surface area (Å²) in [6, 6.07) is 17.1. The lowest BCUT2D eigenvalue weighted by Gasteiger charge is -2.37. The second-order valence-electron chi connectivity index (χ2n) is 7.30. The van der Waals surface area contributed by atoms with Crippen molar-refractivity contribution in [3.05, 3.63) is 70.9 Å². The Morgan fingerprint density at radius 3 is 2.03 bits per heavy atom. The number of methoxy groups -OCH3 is 1. The predicted octanol–water partition coefficient (Wildman–Crippen LogP) is 2.54. The average molecular weight is 393 g/mol. The number of H-pyrrole nitrogens is 1. The van der Waals surface area contributed by atoms with Gasteiger partial charge >= 0.3 is 5.69 Å². The normalized spacial score (nSPS) is 14.2. The maximum atomic E-state index is 11.5. The van der Waals surface area contributed by atoms with Crippen LogP contribution < -0.4 is 20.2 Å². The number of nitrogens with one attached hydrogen (secondary N) is 1. The van der Waals surface area contributed by atoms with Crippen molar-refractivity contribution in [2.24, 2.45) is 0 Å². The van der Waals surface area contributed by atoms with E-state index in [1.54, 1.807) is 18.0 Å². The standard InChI is InChI=1S/C22H27N5O2/c1-29-21-10-8-20(9-11-21)26-15-13-25(14-16-26)19-6-4-18(5-7-19)3-2-12-27-17-23-24-22(27)28/h4-11,17H,2-3,12-16H2,1H3,(H,24,28). The van der Waals surface area contributed by atoms with Gasteiger partial charge in [0.25, 0.3) is 0 Å². The molecule has 1 aromatic heterocycles. The second kappa shape index (κ2) is 8.86. The highest BCUT2D eigenvalue weighted by Crippen LogP contribution is 2.23. The molecule has 1 aliphatic rings. The first-order valence-corrected chi connectivity index (χ1v) is 10.1. The number of hydrogen-bond acceptors (Lipinski definition) is 5. The number of aryl methyl sites for hydroxylation is 2. The summed E-state index contributed by atoms with van der Waals surface area (Å²) in [5, 5.41) is 6.18. The van der Waals surface area contributed by atoms with Gasteiger partial charge in [0.15, 0.2) is 0 Å².